The van der Waals surface area contributed by atoms with Gasteiger partial charge in [0.25, 0.3) is 5.91 Å². The number of aromatic nitrogens is 3. The van der Waals surface area contributed by atoms with Gasteiger partial charge in [0.1, 0.15) is 0 Å². The van der Waals surface area contributed by atoms with Crippen LogP contribution in [-0.4, -0.2) is 50.1 Å². The van der Waals surface area contributed by atoms with Crippen LogP contribution in [0.25, 0.3) is 0 Å². The second-order valence-electron chi connectivity index (χ2n) is 8.99. The molecule has 3 aromatic rings. The lowest BCUT2D eigenvalue weighted by Gasteiger charge is -2.35. The minimum absolute atomic E-state index is 0.0000991. The summed E-state index contributed by atoms with van der Waals surface area (Å²) in [6.45, 7) is 8.61. The van der Waals surface area contributed by atoms with Crippen LogP contribution in [0.2, 0.25) is 0 Å². The molecule has 1 amide bonds. The van der Waals surface area contributed by atoms with E-state index in [4.69, 9.17) is 0 Å². The fourth-order valence-electron chi connectivity index (χ4n) is 4.43. The van der Waals surface area contributed by atoms with Gasteiger partial charge in [0.05, 0.1) is 0 Å². The molecule has 1 saturated heterocycles. The fraction of sp³-hybridized carbons (Fsp3) is 0.423. The average Bonchev–Trinajstić information content (AvgIpc) is 3.14. The van der Waals surface area contributed by atoms with Gasteiger partial charge in [-0.2, -0.15) is 5.10 Å². The summed E-state index contributed by atoms with van der Waals surface area (Å²) in [4.78, 5) is 22.1. The summed E-state index contributed by atoms with van der Waals surface area (Å²) in [5, 5.41) is 4.43. The van der Waals surface area contributed by atoms with Crippen molar-refractivity contribution in [2.24, 2.45) is 13.0 Å². The topological polar surface area (TPSA) is 54.3 Å². The molecular weight excluding hydrogens is 398 g/mol. The van der Waals surface area contributed by atoms with Gasteiger partial charge in [-0.05, 0) is 74.5 Å². The number of aryl methyl sites for hydroxylation is 3. The van der Waals surface area contributed by atoms with Gasteiger partial charge in [-0.3, -0.25) is 19.4 Å². The highest BCUT2D eigenvalue weighted by Gasteiger charge is 2.26. The summed E-state index contributed by atoms with van der Waals surface area (Å²) in [6, 6.07) is 14.5. The Bertz CT molecular complexity index is 1020. The van der Waals surface area contributed by atoms with Crippen molar-refractivity contribution in [1.29, 1.82) is 0 Å². The molecule has 1 aliphatic heterocycles. The summed E-state index contributed by atoms with van der Waals surface area (Å²) in [5.74, 6) is 0.494. The van der Waals surface area contributed by atoms with Crippen LogP contribution in [0.4, 0.5) is 0 Å². The monoisotopic (exact) mass is 431 g/mol. The first-order chi connectivity index (χ1) is 15.5. The number of amides is 1. The summed E-state index contributed by atoms with van der Waals surface area (Å²) < 4.78 is 1.76. The molecule has 6 nitrogen and oxygen atoms in total. The number of hydrogen-bond donors (Lipinski definition) is 0. The molecule has 0 radical (unpaired) electrons. The van der Waals surface area contributed by atoms with E-state index in [0.29, 0.717) is 18.2 Å². The maximum Gasteiger partial charge on any atom is 0.274 e. The van der Waals surface area contributed by atoms with E-state index in [1.165, 1.54) is 11.1 Å². The average molecular weight is 432 g/mol. The number of carbonyl (C=O) groups excluding carboxylic acids is 1. The van der Waals surface area contributed by atoms with Crippen molar-refractivity contribution >= 4 is 5.91 Å². The van der Waals surface area contributed by atoms with Crippen molar-refractivity contribution in [3.63, 3.8) is 0 Å². The first kappa shape index (κ1) is 22.2. The molecule has 1 aliphatic rings. The number of pyridine rings is 1. The molecule has 0 N–H and O–H groups in total. The summed E-state index contributed by atoms with van der Waals surface area (Å²) >= 11 is 0. The Labute approximate surface area is 190 Å². The van der Waals surface area contributed by atoms with Crippen molar-refractivity contribution in [3.05, 3.63) is 82.9 Å². The van der Waals surface area contributed by atoms with Gasteiger partial charge in [0, 0.05) is 44.8 Å². The van der Waals surface area contributed by atoms with Crippen LogP contribution in [0.5, 0.6) is 0 Å². The normalized spacial score (nSPS) is 15.1. The Balaban J connectivity index is 1.41. The van der Waals surface area contributed by atoms with Crippen LogP contribution < -0.4 is 0 Å². The van der Waals surface area contributed by atoms with E-state index in [2.05, 4.69) is 46.2 Å². The SMILES string of the molecule is Cc1ccccc1CN1CCC(CN(Cc2cccnc2)C(=O)c2cc(C)n(C)n2)CC1. The molecule has 4 rings (SSSR count). The first-order valence-electron chi connectivity index (χ1n) is 11.5. The van der Waals surface area contributed by atoms with E-state index in [0.717, 1.165) is 50.3 Å². The van der Waals surface area contributed by atoms with Gasteiger partial charge in [-0.15, -0.1) is 0 Å². The minimum Gasteiger partial charge on any atom is -0.333 e. The molecule has 0 aliphatic carbocycles. The van der Waals surface area contributed by atoms with Crippen LogP contribution in [0.3, 0.4) is 0 Å². The third-order valence-electron chi connectivity index (χ3n) is 6.56. The molecule has 0 spiro atoms. The third kappa shape index (κ3) is 5.43. The smallest absolute Gasteiger partial charge is 0.274 e. The van der Waals surface area contributed by atoms with Crippen LogP contribution >= 0.6 is 0 Å². The Morgan fingerprint density at radius 2 is 1.91 bits per heavy atom. The van der Waals surface area contributed by atoms with Crippen molar-refractivity contribution in [1.82, 2.24) is 24.6 Å². The Morgan fingerprint density at radius 1 is 1.12 bits per heavy atom. The van der Waals surface area contributed by atoms with Gasteiger partial charge >= 0.3 is 0 Å². The number of carbonyl (C=O) groups is 1. The zero-order chi connectivity index (χ0) is 22.5. The molecule has 2 aromatic heterocycles. The van der Waals surface area contributed by atoms with Gasteiger partial charge < -0.3 is 4.90 Å². The first-order valence-corrected chi connectivity index (χ1v) is 11.5. The predicted octanol–water partition coefficient (Wildman–Crippen LogP) is 3.99. The molecule has 168 valence electrons. The van der Waals surface area contributed by atoms with Crippen LogP contribution in [-0.2, 0) is 20.1 Å². The Morgan fingerprint density at radius 3 is 2.56 bits per heavy atom. The van der Waals surface area contributed by atoms with E-state index in [1.54, 1.807) is 10.9 Å². The zero-order valence-electron chi connectivity index (χ0n) is 19.4. The molecule has 6 heteroatoms. The quantitative estimate of drug-likeness (QED) is 0.568. The molecule has 0 atom stereocenters. The van der Waals surface area contributed by atoms with Crippen molar-refractivity contribution in [2.45, 2.75) is 39.8 Å². The highest BCUT2D eigenvalue weighted by molar-refractivity contribution is 5.92. The summed E-state index contributed by atoms with van der Waals surface area (Å²) in [5.41, 5.74) is 5.31. The lowest BCUT2D eigenvalue weighted by Crippen LogP contribution is -2.40. The standard InChI is InChI=1S/C26H33N5O/c1-20-7-4-5-9-24(20)19-30-13-10-22(11-14-30)17-31(18-23-8-6-12-27-16-23)26(32)25-15-21(2)29(3)28-25/h4-9,12,15-16,22H,10-11,13-14,17-19H2,1-3H3. The fourth-order valence-corrected chi connectivity index (χ4v) is 4.43. The van der Waals surface area contributed by atoms with E-state index in [9.17, 15) is 4.79 Å². The zero-order valence-corrected chi connectivity index (χ0v) is 19.4. The van der Waals surface area contributed by atoms with Gasteiger partial charge in [-0.25, -0.2) is 0 Å². The van der Waals surface area contributed by atoms with E-state index in [-0.39, 0.29) is 5.91 Å². The highest BCUT2D eigenvalue weighted by atomic mass is 16.2. The maximum absolute atomic E-state index is 13.4. The number of likely N-dealkylation sites (tertiary alicyclic amines) is 1. The lowest BCUT2D eigenvalue weighted by molar-refractivity contribution is 0.0665. The molecule has 3 heterocycles. The molecule has 1 fully saturated rings. The second-order valence-corrected chi connectivity index (χ2v) is 8.99. The van der Waals surface area contributed by atoms with Gasteiger partial charge in [-0.1, -0.05) is 30.3 Å². The van der Waals surface area contributed by atoms with Crippen molar-refractivity contribution < 1.29 is 4.79 Å². The lowest BCUT2D eigenvalue weighted by atomic mass is 9.95. The molecule has 1 aromatic carbocycles. The van der Waals surface area contributed by atoms with Crippen LogP contribution in [0.1, 0.15) is 45.7 Å². The second kappa shape index (κ2) is 10.1. The highest BCUT2D eigenvalue weighted by Crippen LogP contribution is 2.23. The maximum atomic E-state index is 13.4. The number of hydrogen-bond acceptors (Lipinski definition) is 4. The molecule has 32 heavy (non-hydrogen) atoms. The van der Waals surface area contributed by atoms with Crippen LogP contribution in [0, 0.1) is 19.8 Å². The molecule has 0 unspecified atom stereocenters. The Kier molecular flexibility index (Phi) is 7.00. The van der Waals surface area contributed by atoms with Crippen LogP contribution in [0.15, 0.2) is 54.9 Å². The van der Waals surface area contributed by atoms with Crippen molar-refractivity contribution in [2.75, 3.05) is 19.6 Å². The third-order valence-corrected chi connectivity index (χ3v) is 6.56. The number of nitrogens with zero attached hydrogens (tertiary/aromatic N) is 5. The summed E-state index contributed by atoms with van der Waals surface area (Å²) in [7, 11) is 1.88. The van der Waals surface area contributed by atoms with E-state index in [1.807, 2.05) is 43.3 Å². The molecule has 0 bridgehead atoms. The Hall–Kier alpha value is -2.99. The number of benzene rings is 1. The summed E-state index contributed by atoms with van der Waals surface area (Å²) in [6.07, 6.45) is 5.81. The predicted molar refractivity (Wildman–Crippen MR) is 126 cm³/mol. The molecule has 0 saturated carbocycles. The van der Waals surface area contributed by atoms with Gasteiger partial charge in [0.15, 0.2) is 5.69 Å². The molecular formula is C26H33N5O. The minimum atomic E-state index is -0.0000991. The van der Waals surface area contributed by atoms with Crippen molar-refractivity contribution in [3.8, 4) is 0 Å². The van der Waals surface area contributed by atoms with Gasteiger partial charge in [0.2, 0.25) is 0 Å². The largest absolute Gasteiger partial charge is 0.333 e. The number of rotatable bonds is 7. The number of piperidine rings is 1. The van der Waals surface area contributed by atoms with E-state index < -0.39 is 0 Å². The van der Waals surface area contributed by atoms with E-state index >= 15 is 0 Å².